The van der Waals surface area contributed by atoms with Crippen LogP contribution in [0.3, 0.4) is 0 Å². The van der Waals surface area contributed by atoms with E-state index in [0.29, 0.717) is 19.4 Å². The molecule has 0 spiro atoms. The zero-order valence-electron chi connectivity index (χ0n) is 15.6. The second kappa shape index (κ2) is 8.65. The van der Waals surface area contributed by atoms with Crippen molar-refractivity contribution in [3.05, 3.63) is 59.9 Å². The second-order valence-electron chi connectivity index (χ2n) is 7.27. The van der Waals surface area contributed by atoms with E-state index >= 15 is 0 Å². The Kier molecular flexibility index (Phi) is 6.57. The molecule has 1 amide bonds. The summed E-state index contributed by atoms with van der Waals surface area (Å²) >= 11 is 0. The number of amides is 1. The van der Waals surface area contributed by atoms with Gasteiger partial charge in [-0.2, -0.15) is 0 Å². The van der Waals surface area contributed by atoms with Crippen LogP contribution in [0.15, 0.2) is 48.7 Å². The molecule has 0 saturated carbocycles. The third-order valence-corrected chi connectivity index (χ3v) is 4.05. The van der Waals surface area contributed by atoms with Crippen LogP contribution in [0.4, 0.5) is 0 Å². The second-order valence-corrected chi connectivity index (χ2v) is 7.27. The number of hydrogen-bond donors (Lipinski definition) is 1. The lowest BCUT2D eigenvalue weighted by atomic mass is 9.87. The molecule has 4 heteroatoms. The van der Waals surface area contributed by atoms with E-state index in [1.54, 1.807) is 6.20 Å². The Morgan fingerprint density at radius 1 is 1.16 bits per heavy atom. The minimum Gasteiger partial charge on any atom is -0.494 e. The molecule has 1 unspecified atom stereocenters. The zero-order chi connectivity index (χ0) is 18.3. The van der Waals surface area contributed by atoms with Gasteiger partial charge in [-0.3, -0.25) is 9.78 Å². The highest BCUT2D eigenvalue weighted by Crippen LogP contribution is 2.24. The van der Waals surface area contributed by atoms with E-state index in [1.807, 2.05) is 37.3 Å². The Labute approximate surface area is 150 Å². The Morgan fingerprint density at radius 3 is 2.48 bits per heavy atom. The van der Waals surface area contributed by atoms with E-state index in [1.165, 1.54) is 5.56 Å². The first-order valence-electron chi connectivity index (χ1n) is 8.80. The van der Waals surface area contributed by atoms with E-state index in [2.05, 4.69) is 43.2 Å². The lowest BCUT2D eigenvalue weighted by Crippen LogP contribution is -2.27. The van der Waals surface area contributed by atoms with Crippen LogP contribution < -0.4 is 10.1 Å². The molecule has 1 N–H and O–H groups in total. The SMILES string of the molecule is CC(NC(=O)CCCOc1ccc(C(C)(C)C)cc1)c1ccccn1. The van der Waals surface area contributed by atoms with E-state index in [4.69, 9.17) is 4.74 Å². The van der Waals surface area contributed by atoms with Gasteiger partial charge in [0.1, 0.15) is 5.75 Å². The van der Waals surface area contributed by atoms with Crippen molar-refractivity contribution in [3.8, 4) is 5.75 Å². The number of ether oxygens (including phenoxy) is 1. The van der Waals surface area contributed by atoms with Gasteiger partial charge in [0.15, 0.2) is 0 Å². The summed E-state index contributed by atoms with van der Waals surface area (Å²) in [5, 5.41) is 2.96. The van der Waals surface area contributed by atoms with Crippen molar-refractivity contribution in [1.82, 2.24) is 10.3 Å². The highest BCUT2D eigenvalue weighted by Gasteiger charge is 2.13. The minimum atomic E-state index is -0.0837. The van der Waals surface area contributed by atoms with Crippen molar-refractivity contribution in [2.45, 2.75) is 52.0 Å². The molecule has 2 aromatic rings. The number of benzene rings is 1. The highest BCUT2D eigenvalue weighted by atomic mass is 16.5. The van der Waals surface area contributed by atoms with Crippen molar-refractivity contribution >= 4 is 5.91 Å². The van der Waals surface area contributed by atoms with Gasteiger partial charge in [0.2, 0.25) is 5.91 Å². The van der Waals surface area contributed by atoms with Crippen molar-refractivity contribution in [2.24, 2.45) is 0 Å². The summed E-state index contributed by atoms with van der Waals surface area (Å²) in [4.78, 5) is 16.3. The Morgan fingerprint density at radius 2 is 1.88 bits per heavy atom. The molecule has 2 rings (SSSR count). The van der Waals surface area contributed by atoms with Crippen molar-refractivity contribution in [3.63, 3.8) is 0 Å². The molecular weight excluding hydrogens is 312 g/mol. The number of hydrogen-bond acceptors (Lipinski definition) is 3. The van der Waals surface area contributed by atoms with Crippen LogP contribution in [-0.2, 0) is 10.2 Å². The molecule has 1 aromatic carbocycles. The predicted octanol–water partition coefficient (Wildman–Crippen LogP) is 4.42. The molecule has 1 heterocycles. The van der Waals surface area contributed by atoms with Gasteiger partial charge in [0.25, 0.3) is 0 Å². The molecule has 0 saturated heterocycles. The quantitative estimate of drug-likeness (QED) is 0.759. The average molecular weight is 340 g/mol. The van der Waals surface area contributed by atoms with Crippen LogP contribution in [0.1, 0.15) is 57.8 Å². The third kappa shape index (κ3) is 6.22. The molecule has 134 valence electrons. The first-order valence-corrected chi connectivity index (χ1v) is 8.80. The number of nitrogens with zero attached hydrogens (tertiary/aromatic N) is 1. The maximum atomic E-state index is 12.0. The lowest BCUT2D eigenvalue weighted by molar-refractivity contribution is -0.122. The molecule has 0 bridgehead atoms. The number of rotatable bonds is 7. The maximum absolute atomic E-state index is 12.0. The molecule has 0 fully saturated rings. The van der Waals surface area contributed by atoms with Gasteiger partial charge in [-0.1, -0.05) is 39.0 Å². The van der Waals surface area contributed by atoms with Crippen LogP contribution in [0.5, 0.6) is 5.75 Å². The van der Waals surface area contributed by atoms with Crippen molar-refractivity contribution in [2.75, 3.05) is 6.61 Å². The number of pyridine rings is 1. The monoisotopic (exact) mass is 340 g/mol. The Bertz CT molecular complexity index is 661. The van der Waals surface area contributed by atoms with Crippen LogP contribution in [-0.4, -0.2) is 17.5 Å². The number of carbonyl (C=O) groups excluding carboxylic acids is 1. The first-order chi connectivity index (χ1) is 11.9. The van der Waals surface area contributed by atoms with Crippen LogP contribution in [0.25, 0.3) is 0 Å². The van der Waals surface area contributed by atoms with Crippen LogP contribution >= 0.6 is 0 Å². The minimum absolute atomic E-state index is 0.0184. The summed E-state index contributed by atoms with van der Waals surface area (Å²) in [6, 6.07) is 13.8. The number of nitrogens with one attached hydrogen (secondary N) is 1. The van der Waals surface area contributed by atoms with Gasteiger partial charge in [-0.05, 0) is 48.6 Å². The van der Waals surface area contributed by atoms with Gasteiger partial charge >= 0.3 is 0 Å². The van der Waals surface area contributed by atoms with E-state index in [-0.39, 0.29) is 17.4 Å². The molecule has 0 aliphatic rings. The van der Waals surface area contributed by atoms with E-state index in [9.17, 15) is 4.79 Å². The fraction of sp³-hybridized carbons (Fsp3) is 0.429. The van der Waals surface area contributed by atoms with Gasteiger partial charge in [-0.15, -0.1) is 0 Å². The predicted molar refractivity (Wildman–Crippen MR) is 101 cm³/mol. The van der Waals surface area contributed by atoms with E-state index in [0.717, 1.165) is 11.4 Å². The smallest absolute Gasteiger partial charge is 0.220 e. The highest BCUT2D eigenvalue weighted by molar-refractivity contribution is 5.76. The normalized spacial score (nSPS) is 12.5. The van der Waals surface area contributed by atoms with E-state index < -0.39 is 0 Å². The number of aromatic nitrogens is 1. The summed E-state index contributed by atoms with van der Waals surface area (Å²) in [6.07, 6.45) is 2.86. The largest absolute Gasteiger partial charge is 0.494 e. The topological polar surface area (TPSA) is 51.2 Å². The lowest BCUT2D eigenvalue weighted by Gasteiger charge is -2.19. The van der Waals surface area contributed by atoms with Crippen LogP contribution in [0.2, 0.25) is 0 Å². The Hall–Kier alpha value is -2.36. The van der Waals surface area contributed by atoms with Crippen molar-refractivity contribution < 1.29 is 9.53 Å². The molecule has 0 aliphatic heterocycles. The average Bonchev–Trinajstić information content (AvgIpc) is 2.59. The summed E-state index contributed by atoms with van der Waals surface area (Å²) in [6.45, 7) is 9.03. The summed E-state index contributed by atoms with van der Waals surface area (Å²) in [7, 11) is 0. The molecule has 4 nitrogen and oxygen atoms in total. The molecular formula is C21H28N2O2. The molecule has 25 heavy (non-hydrogen) atoms. The maximum Gasteiger partial charge on any atom is 0.220 e. The fourth-order valence-electron chi connectivity index (χ4n) is 2.49. The summed E-state index contributed by atoms with van der Waals surface area (Å²) in [5.41, 5.74) is 2.29. The molecule has 1 atom stereocenters. The van der Waals surface area contributed by atoms with Gasteiger partial charge in [0, 0.05) is 12.6 Å². The fourth-order valence-corrected chi connectivity index (χ4v) is 2.49. The van der Waals surface area contributed by atoms with Crippen LogP contribution in [0, 0.1) is 0 Å². The first kappa shape index (κ1) is 19.0. The van der Waals surface area contributed by atoms with Crippen molar-refractivity contribution in [1.29, 1.82) is 0 Å². The molecule has 0 radical (unpaired) electrons. The third-order valence-electron chi connectivity index (χ3n) is 4.05. The summed E-state index contributed by atoms with van der Waals surface area (Å²) < 4.78 is 5.72. The standard InChI is InChI=1S/C21H28N2O2/c1-16(19-8-5-6-14-22-19)23-20(24)9-7-15-25-18-12-10-17(11-13-18)21(2,3)4/h5-6,8,10-14,16H,7,9,15H2,1-4H3,(H,23,24). The molecule has 0 aliphatic carbocycles. The van der Waals surface area contributed by atoms with Gasteiger partial charge in [0.05, 0.1) is 18.3 Å². The molecule has 1 aromatic heterocycles. The Balaban J connectivity index is 1.69. The van der Waals surface area contributed by atoms with Gasteiger partial charge in [-0.25, -0.2) is 0 Å². The summed E-state index contributed by atoms with van der Waals surface area (Å²) in [5.74, 6) is 0.861. The van der Waals surface area contributed by atoms with Gasteiger partial charge < -0.3 is 10.1 Å². The zero-order valence-corrected chi connectivity index (χ0v) is 15.6. The number of carbonyl (C=O) groups is 1.